The van der Waals surface area contributed by atoms with Gasteiger partial charge in [0.15, 0.2) is 0 Å². The third-order valence-electron chi connectivity index (χ3n) is 3.42. The van der Waals surface area contributed by atoms with Crippen LogP contribution < -0.4 is 0 Å². The molecule has 6 heteroatoms. The number of benzene rings is 1. The highest BCUT2D eigenvalue weighted by Gasteiger charge is 2.21. The van der Waals surface area contributed by atoms with E-state index < -0.39 is 16.7 Å². The molecule has 0 aliphatic heterocycles. The summed E-state index contributed by atoms with van der Waals surface area (Å²) in [5.41, 5.74) is 2.04. The van der Waals surface area contributed by atoms with Gasteiger partial charge in [-0.1, -0.05) is 42.3 Å². The molecule has 0 saturated carbocycles. The van der Waals surface area contributed by atoms with Gasteiger partial charge in [-0.3, -0.25) is 0 Å². The molecule has 1 rings (SSSR count). The molecule has 0 heterocycles. The van der Waals surface area contributed by atoms with Crippen molar-refractivity contribution in [2.45, 2.75) is 43.2 Å². The molecule has 0 N–H and O–H groups in total. The van der Waals surface area contributed by atoms with E-state index in [1.54, 1.807) is 12.1 Å². The van der Waals surface area contributed by atoms with Crippen LogP contribution in [0.1, 0.15) is 54.1 Å². The van der Waals surface area contributed by atoms with E-state index >= 15 is 0 Å². The van der Waals surface area contributed by atoms with E-state index in [9.17, 15) is 13.2 Å². The maximum atomic E-state index is 11.6. The first kappa shape index (κ1) is 18.2. The second kappa shape index (κ2) is 8.54. The Bertz CT molecular complexity index is 559. The van der Waals surface area contributed by atoms with E-state index in [-0.39, 0.29) is 16.5 Å². The number of carbonyl (C=O) groups excluding carboxylic acids is 1. The lowest BCUT2D eigenvalue weighted by Crippen LogP contribution is -2.13. The highest BCUT2D eigenvalue weighted by atomic mass is 79.9. The molecule has 4 nitrogen and oxygen atoms in total. The number of thiol groups is 1. The van der Waals surface area contributed by atoms with E-state index in [0.717, 1.165) is 18.4 Å². The Morgan fingerprint density at radius 3 is 2.52 bits per heavy atom. The molecule has 0 saturated heterocycles. The molecule has 2 atom stereocenters. The molecule has 0 aliphatic carbocycles. The summed E-state index contributed by atoms with van der Waals surface area (Å²) < 4.78 is 27.0. The zero-order chi connectivity index (χ0) is 16.0. The van der Waals surface area contributed by atoms with Gasteiger partial charge in [-0.25, -0.2) is 13.2 Å². The first-order chi connectivity index (χ1) is 9.90. The quantitative estimate of drug-likeness (QED) is 0.450. The Labute approximate surface area is 136 Å². The molecule has 118 valence electrons. The fraction of sp³-hybridized carbons (Fsp3) is 0.533. The zero-order valence-corrected chi connectivity index (χ0v) is 14.9. The predicted octanol–water partition coefficient (Wildman–Crippen LogP) is 3.25. The van der Waals surface area contributed by atoms with Crippen LogP contribution in [-0.2, 0) is 21.2 Å². The van der Waals surface area contributed by atoms with Crippen LogP contribution in [0.15, 0.2) is 18.2 Å². The lowest BCUT2D eigenvalue weighted by molar-refractivity contribution is 0.0600. The van der Waals surface area contributed by atoms with Crippen LogP contribution >= 0.6 is 15.9 Å². The number of alkyl halides is 1. The number of esters is 1. The van der Waals surface area contributed by atoms with Crippen LogP contribution in [-0.4, -0.2) is 26.3 Å². The minimum Gasteiger partial charge on any atom is -0.465 e. The summed E-state index contributed by atoms with van der Waals surface area (Å²) in [5.74, 6) is -0.301. The standard InChI is InChI=1S/C15H21BrO4S/c1-4-5-13(10(2)16)14-7-6-11(15(17)20-3)8-12(14)9-21(18)19/h6-8,10,13,21H,4-5,9H2,1-3H3. The number of rotatable bonds is 7. The molecule has 0 radical (unpaired) electrons. The van der Waals surface area contributed by atoms with E-state index in [0.29, 0.717) is 11.1 Å². The third kappa shape index (κ3) is 5.11. The highest BCUT2D eigenvalue weighted by Crippen LogP contribution is 2.32. The smallest absolute Gasteiger partial charge is 0.337 e. The number of halogens is 1. The Balaban J connectivity index is 3.31. The van der Waals surface area contributed by atoms with E-state index in [2.05, 4.69) is 29.8 Å². The summed E-state index contributed by atoms with van der Waals surface area (Å²) in [5, 5.41) is 0. The topological polar surface area (TPSA) is 60.4 Å². The van der Waals surface area contributed by atoms with E-state index in [4.69, 9.17) is 4.74 Å². The average Bonchev–Trinajstić information content (AvgIpc) is 2.43. The first-order valence-electron chi connectivity index (χ1n) is 6.87. The molecule has 0 amide bonds. The summed E-state index contributed by atoms with van der Waals surface area (Å²) in [4.78, 5) is 11.8. The van der Waals surface area contributed by atoms with Crippen molar-refractivity contribution in [3.05, 3.63) is 34.9 Å². The molecule has 1 aromatic carbocycles. The number of hydrogen-bond acceptors (Lipinski definition) is 4. The highest BCUT2D eigenvalue weighted by molar-refractivity contribution is 9.09. The van der Waals surface area contributed by atoms with E-state index in [1.165, 1.54) is 7.11 Å². The second-order valence-corrected chi connectivity index (χ2v) is 7.39. The Hall–Kier alpha value is -0.880. The number of carbonyl (C=O) groups is 1. The van der Waals surface area contributed by atoms with Crippen LogP contribution in [0.2, 0.25) is 0 Å². The number of methoxy groups -OCH3 is 1. The number of ether oxygens (including phenoxy) is 1. The van der Waals surface area contributed by atoms with Crippen molar-refractivity contribution in [1.82, 2.24) is 0 Å². The van der Waals surface area contributed by atoms with Crippen molar-refractivity contribution in [3.8, 4) is 0 Å². The van der Waals surface area contributed by atoms with Gasteiger partial charge < -0.3 is 4.74 Å². The van der Waals surface area contributed by atoms with Crippen molar-refractivity contribution in [1.29, 1.82) is 0 Å². The molecule has 1 aromatic rings. The summed E-state index contributed by atoms with van der Waals surface area (Å²) in [6.45, 7) is 4.15. The van der Waals surface area contributed by atoms with Crippen molar-refractivity contribution < 1.29 is 17.9 Å². The van der Waals surface area contributed by atoms with Crippen LogP contribution in [0.3, 0.4) is 0 Å². The average molecular weight is 377 g/mol. The molecule has 0 spiro atoms. The van der Waals surface area contributed by atoms with Gasteiger partial charge in [0.05, 0.1) is 18.4 Å². The van der Waals surface area contributed by atoms with Gasteiger partial charge in [-0.2, -0.15) is 0 Å². The molecule has 2 unspecified atom stereocenters. The van der Waals surface area contributed by atoms with Crippen LogP contribution in [0.4, 0.5) is 0 Å². The van der Waals surface area contributed by atoms with Gasteiger partial charge in [0.25, 0.3) is 0 Å². The SMILES string of the molecule is CCCC(c1ccc(C(=O)OC)cc1C[SH](=O)=O)C(C)Br. The summed E-state index contributed by atoms with van der Waals surface area (Å²) in [6.07, 6.45) is 1.95. The largest absolute Gasteiger partial charge is 0.465 e. The molecule has 0 aliphatic rings. The monoisotopic (exact) mass is 376 g/mol. The van der Waals surface area contributed by atoms with Crippen LogP contribution in [0, 0.1) is 0 Å². The van der Waals surface area contributed by atoms with Crippen LogP contribution in [0.5, 0.6) is 0 Å². The minimum atomic E-state index is -2.55. The normalized spacial score (nSPS) is 14.0. The first-order valence-corrected chi connectivity index (χ1v) is 9.15. The summed E-state index contributed by atoms with van der Waals surface area (Å²) >= 11 is 3.60. The lowest BCUT2D eigenvalue weighted by atomic mass is 9.88. The molecular weight excluding hydrogens is 356 g/mol. The molecular formula is C15H21BrO4S. The van der Waals surface area contributed by atoms with Gasteiger partial charge in [0, 0.05) is 4.83 Å². The van der Waals surface area contributed by atoms with Gasteiger partial charge in [0.1, 0.15) is 10.7 Å². The van der Waals surface area contributed by atoms with Gasteiger partial charge >= 0.3 is 5.97 Å². The maximum Gasteiger partial charge on any atom is 0.337 e. The predicted molar refractivity (Wildman–Crippen MR) is 87.8 cm³/mol. The van der Waals surface area contributed by atoms with Crippen molar-refractivity contribution in [2.24, 2.45) is 0 Å². The molecule has 0 aromatic heterocycles. The Kier molecular flexibility index (Phi) is 7.39. The fourth-order valence-corrected chi connectivity index (χ4v) is 3.53. The molecule has 0 fully saturated rings. The van der Waals surface area contributed by atoms with Gasteiger partial charge in [0.2, 0.25) is 0 Å². The summed E-state index contributed by atoms with van der Waals surface area (Å²) in [6, 6.07) is 5.17. The minimum absolute atomic E-state index is 0.0601. The second-order valence-electron chi connectivity index (χ2n) is 4.97. The van der Waals surface area contributed by atoms with Crippen LogP contribution in [0.25, 0.3) is 0 Å². The third-order valence-corrected chi connectivity index (χ3v) is 4.65. The van der Waals surface area contributed by atoms with Crippen molar-refractivity contribution in [2.75, 3.05) is 7.11 Å². The number of hydrogen-bond donors (Lipinski definition) is 1. The van der Waals surface area contributed by atoms with Gasteiger partial charge in [-0.05, 0) is 35.6 Å². The Morgan fingerprint density at radius 2 is 2.05 bits per heavy atom. The molecule has 21 heavy (non-hydrogen) atoms. The van der Waals surface area contributed by atoms with Gasteiger partial charge in [-0.15, -0.1) is 0 Å². The fourth-order valence-electron chi connectivity index (χ4n) is 2.43. The maximum absolute atomic E-state index is 11.6. The molecule has 0 bridgehead atoms. The van der Waals surface area contributed by atoms with Crippen molar-refractivity contribution in [3.63, 3.8) is 0 Å². The Morgan fingerprint density at radius 1 is 1.38 bits per heavy atom. The lowest BCUT2D eigenvalue weighted by Gasteiger charge is -2.22. The summed E-state index contributed by atoms with van der Waals surface area (Å²) in [7, 11) is -1.24. The van der Waals surface area contributed by atoms with E-state index in [1.807, 2.05) is 6.07 Å². The zero-order valence-electron chi connectivity index (χ0n) is 12.5. The van der Waals surface area contributed by atoms with Crippen molar-refractivity contribution >= 4 is 32.6 Å².